The van der Waals surface area contributed by atoms with E-state index in [-0.39, 0.29) is 18.9 Å². The van der Waals surface area contributed by atoms with E-state index in [1.54, 1.807) is 0 Å². The maximum absolute atomic E-state index is 9.95. The van der Waals surface area contributed by atoms with Gasteiger partial charge in [0.15, 0.2) is 0 Å². The van der Waals surface area contributed by atoms with Gasteiger partial charge >= 0.3 is 18.9 Å². The van der Waals surface area contributed by atoms with Crippen molar-refractivity contribution in [3.8, 4) is 0 Å². The Morgan fingerprint density at radius 1 is 0.833 bits per heavy atom. The first-order valence-corrected chi connectivity index (χ1v) is 7.11. The Bertz CT molecular complexity index is 174. The van der Waals surface area contributed by atoms with Crippen LogP contribution in [0.1, 0.15) is 77.6 Å². The largest absolute Gasteiger partial charge is 1.00 e. The quantitative estimate of drug-likeness (QED) is 0.290. The van der Waals surface area contributed by atoms with Crippen LogP contribution in [0.4, 0.5) is 4.79 Å². The topological polar surface area (TPSA) is 49.4 Å². The van der Waals surface area contributed by atoms with Crippen LogP contribution in [0.2, 0.25) is 0 Å². The maximum atomic E-state index is 9.95. The van der Waals surface area contributed by atoms with Gasteiger partial charge in [0.1, 0.15) is 0 Å². The standard InChI is InChI=1S/C14H28O3.Li/c1-2-3-4-5-6-7-8-9-10-11-12-13-17-14(15)16;/h2-13H2,1H3,(H,15,16);/q;+1/p-1. The summed E-state index contributed by atoms with van der Waals surface area (Å²) in [5.41, 5.74) is 0. The predicted molar refractivity (Wildman–Crippen MR) is 67.8 cm³/mol. The van der Waals surface area contributed by atoms with Crippen LogP contribution in [0.25, 0.3) is 0 Å². The molecule has 0 atom stereocenters. The average Bonchev–Trinajstić information content (AvgIpc) is 2.30. The minimum Gasteiger partial charge on any atom is -0.550 e. The molecule has 0 aromatic rings. The molecule has 0 spiro atoms. The average molecular weight is 250 g/mol. The first kappa shape index (κ1) is 20.2. The molecular formula is C14H27LiO3. The summed E-state index contributed by atoms with van der Waals surface area (Å²) in [5.74, 6) is 0. The number of rotatable bonds is 12. The van der Waals surface area contributed by atoms with Crippen molar-refractivity contribution in [1.82, 2.24) is 0 Å². The van der Waals surface area contributed by atoms with E-state index in [0.29, 0.717) is 6.61 Å². The number of hydrogen-bond acceptors (Lipinski definition) is 3. The van der Waals surface area contributed by atoms with Crippen LogP contribution in [0.5, 0.6) is 0 Å². The van der Waals surface area contributed by atoms with E-state index < -0.39 is 6.16 Å². The number of unbranched alkanes of at least 4 members (excludes halogenated alkanes) is 10. The summed E-state index contributed by atoms with van der Waals surface area (Å²) < 4.78 is 4.33. The smallest absolute Gasteiger partial charge is 0.550 e. The second kappa shape index (κ2) is 16.9. The molecule has 0 heterocycles. The Kier molecular flexibility index (Phi) is 18.9. The summed E-state index contributed by atoms with van der Waals surface area (Å²) in [6.45, 7) is 2.53. The van der Waals surface area contributed by atoms with E-state index in [0.717, 1.165) is 12.8 Å². The van der Waals surface area contributed by atoms with Crippen LogP contribution < -0.4 is 24.0 Å². The molecule has 0 aliphatic carbocycles. The third-order valence-corrected chi connectivity index (χ3v) is 2.97. The summed E-state index contributed by atoms with van der Waals surface area (Å²) in [5, 5.41) is 9.95. The first-order valence-electron chi connectivity index (χ1n) is 7.11. The van der Waals surface area contributed by atoms with Crippen LogP contribution in [0.15, 0.2) is 0 Å². The van der Waals surface area contributed by atoms with E-state index in [4.69, 9.17) is 0 Å². The van der Waals surface area contributed by atoms with Crippen LogP contribution in [-0.4, -0.2) is 12.8 Å². The molecular weight excluding hydrogens is 223 g/mol. The Morgan fingerprint density at radius 3 is 1.61 bits per heavy atom. The monoisotopic (exact) mass is 250 g/mol. The van der Waals surface area contributed by atoms with Gasteiger partial charge in [0, 0.05) is 6.61 Å². The molecule has 0 unspecified atom stereocenters. The zero-order valence-electron chi connectivity index (χ0n) is 12.2. The van der Waals surface area contributed by atoms with Crippen LogP contribution in [-0.2, 0) is 4.74 Å². The van der Waals surface area contributed by atoms with Gasteiger partial charge in [-0.05, 0) is 6.42 Å². The van der Waals surface area contributed by atoms with Crippen LogP contribution in [0.3, 0.4) is 0 Å². The van der Waals surface area contributed by atoms with E-state index in [2.05, 4.69) is 11.7 Å². The summed E-state index contributed by atoms with van der Waals surface area (Å²) in [4.78, 5) is 9.95. The number of ether oxygens (including phenoxy) is 1. The Morgan fingerprint density at radius 2 is 1.22 bits per heavy atom. The van der Waals surface area contributed by atoms with Crippen molar-refractivity contribution in [2.45, 2.75) is 77.6 Å². The molecule has 3 nitrogen and oxygen atoms in total. The molecule has 0 aromatic carbocycles. The van der Waals surface area contributed by atoms with Gasteiger partial charge in [0.25, 0.3) is 6.16 Å². The molecule has 102 valence electrons. The van der Waals surface area contributed by atoms with Crippen molar-refractivity contribution in [2.24, 2.45) is 0 Å². The molecule has 0 aliphatic heterocycles. The van der Waals surface area contributed by atoms with E-state index >= 15 is 0 Å². The fraction of sp³-hybridized carbons (Fsp3) is 0.929. The zero-order valence-corrected chi connectivity index (χ0v) is 12.2. The molecule has 0 N–H and O–H groups in total. The molecule has 0 aromatic heterocycles. The Labute approximate surface area is 124 Å². The molecule has 0 saturated heterocycles. The van der Waals surface area contributed by atoms with E-state index in [9.17, 15) is 9.90 Å². The molecule has 0 fully saturated rings. The molecule has 0 rings (SSSR count). The Hall–Kier alpha value is -0.133. The minimum atomic E-state index is -1.41. The molecule has 0 amide bonds. The summed E-state index contributed by atoms with van der Waals surface area (Å²) in [6.07, 6.45) is 12.4. The SMILES string of the molecule is CCCCCCCCCCCCCOC(=O)[O-].[Li+]. The number of carboxylic acid groups (broad SMARTS) is 1. The molecule has 18 heavy (non-hydrogen) atoms. The van der Waals surface area contributed by atoms with Crippen molar-refractivity contribution < 1.29 is 33.5 Å². The van der Waals surface area contributed by atoms with Gasteiger partial charge in [-0.15, -0.1) is 0 Å². The minimum absolute atomic E-state index is 0. The van der Waals surface area contributed by atoms with Crippen molar-refractivity contribution in [2.75, 3.05) is 6.61 Å². The van der Waals surface area contributed by atoms with Gasteiger partial charge in [-0.2, -0.15) is 0 Å². The third kappa shape index (κ3) is 18.2. The summed E-state index contributed by atoms with van der Waals surface area (Å²) in [6, 6.07) is 0. The van der Waals surface area contributed by atoms with Gasteiger partial charge < -0.3 is 14.6 Å². The molecule has 0 radical (unpaired) electrons. The summed E-state index contributed by atoms with van der Waals surface area (Å²) >= 11 is 0. The van der Waals surface area contributed by atoms with Gasteiger partial charge in [0.2, 0.25) is 0 Å². The number of hydrogen-bond donors (Lipinski definition) is 0. The first-order chi connectivity index (χ1) is 8.27. The van der Waals surface area contributed by atoms with Crippen molar-refractivity contribution >= 4 is 6.16 Å². The van der Waals surface area contributed by atoms with Crippen molar-refractivity contribution in [1.29, 1.82) is 0 Å². The van der Waals surface area contributed by atoms with Gasteiger partial charge in [0.05, 0.1) is 0 Å². The van der Waals surface area contributed by atoms with Gasteiger partial charge in [-0.1, -0.05) is 71.1 Å². The molecule has 0 aliphatic rings. The second-order valence-electron chi connectivity index (χ2n) is 4.63. The molecule has 4 heteroatoms. The fourth-order valence-corrected chi connectivity index (χ4v) is 1.92. The van der Waals surface area contributed by atoms with Crippen molar-refractivity contribution in [3.63, 3.8) is 0 Å². The number of carbonyl (C=O) groups excluding carboxylic acids is 1. The van der Waals surface area contributed by atoms with Crippen LogP contribution >= 0.6 is 0 Å². The zero-order chi connectivity index (χ0) is 12.8. The molecule has 0 bridgehead atoms. The predicted octanol–water partition coefficient (Wildman–Crippen LogP) is 0.661. The van der Waals surface area contributed by atoms with E-state index in [1.807, 2.05) is 0 Å². The maximum Gasteiger partial charge on any atom is 1.00 e. The van der Waals surface area contributed by atoms with Crippen molar-refractivity contribution in [3.05, 3.63) is 0 Å². The summed E-state index contributed by atoms with van der Waals surface area (Å²) in [7, 11) is 0. The third-order valence-electron chi connectivity index (χ3n) is 2.97. The second-order valence-corrected chi connectivity index (χ2v) is 4.63. The van der Waals surface area contributed by atoms with Crippen LogP contribution in [0, 0.1) is 0 Å². The normalized spacial score (nSPS) is 9.83. The fourth-order valence-electron chi connectivity index (χ4n) is 1.92. The van der Waals surface area contributed by atoms with E-state index in [1.165, 1.54) is 57.8 Å². The number of carbonyl (C=O) groups is 1. The van der Waals surface area contributed by atoms with Gasteiger partial charge in [-0.3, -0.25) is 0 Å². The molecule has 0 saturated carbocycles. The Balaban J connectivity index is 0. The van der Waals surface area contributed by atoms with Gasteiger partial charge in [-0.25, -0.2) is 0 Å².